The number of rotatable bonds is 11. The van der Waals surface area contributed by atoms with Crippen molar-refractivity contribution in [1.82, 2.24) is 0 Å². The summed E-state index contributed by atoms with van der Waals surface area (Å²) < 4.78 is 120. The maximum absolute atomic E-state index is 13.5. The van der Waals surface area contributed by atoms with Gasteiger partial charge in [0.25, 0.3) is 17.8 Å². The van der Waals surface area contributed by atoms with Crippen LogP contribution in [-0.4, -0.2) is 47.7 Å². The van der Waals surface area contributed by atoms with Gasteiger partial charge in [0, 0.05) is 12.5 Å². The monoisotopic (exact) mass is 404 g/mol. The van der Waals surface area contributed by atoms with Gasteiger partial charge in [-0.3, -0.25) is 0 Å². The molecule has 0 radical (unpaired) electrons. The Morgan fingerprint density at radius 2 is 1.38 bits per heavy atom. The Bertz CT molecular complexity index is 475. The Hall–Kier alpha value is -1.46. The number of aliphatic hydroxyl groups excluding tert-OH is 1. The predicted octanol–water partition coefficient (Wildman–Crippen LogP) is 4.50. The van der Waals surface area contributed by atoms with E-state index in [1.807, 2.05) is 0 Å². The second kappa shape index (κ2) is 8.96. The van der Waals surface area contributed by atoms with Gasteiger partial charge >= 0.3 is 12.1 Å². The minimum Gasteiger partial charge on any atom is -0.460 e. The van der Waals surface area contributed by atoms with E-state index in [1.165, 1.54) is 0 Å². The van der Waals surface area contributed by atoms with E-state index < -0.39 is 74.7 Å². The Kier molecular flexibility index (Phi) is 8.45. The van der Waals surface area contributed by atoms with Gasteiger partial charge in [-0.25, -0.2) is 31.1 Å². The largest absolute Gasteiger partial charge is 0.460 e. The lowest BCUT2D eigenvalue weighted by molar-refractivity contribution is -0.214. The molecule has 0 rings (SSSR count). The van der Waals surface area contributed by atoms with Crippen molar-refractivity contribution in [3.05, 3.63) is 12.7 Å². The molecule has 0 saturated carbocycles. The average molecular weight is 404 g/mol. The van der Waals surface area contributed by atoms with Crippen LogP contribution in [0.5, 0.6) is 0 Å². The Balaban J connectivity index is 4.61. The van der Waals surface area contributed by atoms with Crippen LogP contribution in [0.1, 0.15) is 32.1 Å². The van der Waals surface area contributed by atoms with E-state index in [4.69, 9.17) is 0 Å². The molecule has 0 aliphatic heterocycles. The number of aliphatic hydroxyl groups is 1. The number of carbonyl (C=O) groups excluding carboxylic acids is 1. The number of ether oxygens (including phenoxy) is 1. The molecule has 0 bridgehead atoms. The van der Waals surface area contributed by atoms with Crippen LogP contribution >= 0.6 is 0 Å². The molecule has 0 saturated heterocycles. The van der Waals surface area contributed by atoms with Crippen LogP contribution in [0.15, 0.2) is 12.7 Å². The first-order valence-electron chi connectivity index (χ1n) is 7.14. The molecule has 1 unspecified atom stereocenters. The highest BCUT2D eigenvalue weighted by atomic mass is 19.4. The van der Waals surface area contributed by atoms with Gasteiger partial charge in [0.05, 0.1) is 18.9 Å². The first-order chi connectivity index (χ1) is 11.5. The molecule has 0 fully saturated rings. The molecule has 0 heterocycles. The van der Waals surface area contributed by atoms with Crippen molar-refractivity contribution in [2.24, 2.45) is 0 Å². The van der Waals surface area contributed by atoms with Gasteiger partial charge in [-0.15, -0.1) is 0 Å². The van der Waals surface area contributed by atoms with Crippen molar-refractivity contribution in [1.29, 1.82) is 0 Å². The van der Waals surface area contributed by atoms with Crippen LogP contribution in [0.2, 0.25) is 0 Å². The van der Waals surface area contributed by atoms with E-state index in [-0.39, 0.29) is 0 Å². The molecule has 26 heavy (non-hydrogen) atoms. The summed E-state index contributed by atoms with van der Waals surface area (Å²) in [6, 6.07) is 0. The summed E-state index contributed by atoms with van der Waals surface area (Å²) in [6.45, 7) is 2.30. The van der Waals surface area contributed by atoms with Crippen LogP contribution in [0, 0.1) is 0 Å². The van der Waals surface area contributed by atoms with Gasteiger partial charge in [-0.2, -0.15) is 13.2 Å². The fourth-order valence-corrected chi connectivity index (χ4v) is 1.96. The summed E-state index contributed by atoms with van der Waals surface area (Å²) in [7, 11) is 0. The molecule has 154 valence electrons. The lowest BCUT2D eigenvalue weighted by Gasteiger charge is -2.27. The van der Waals surface area contributed by atoms with E-state index in [9.17, 15) is 49.4 Å². The number of alkyl halides is 9. The van der Waals surface area contributed by atoms with Gasteiger partial charge in [0.1, 0.15) is 13.0 Å². The van der Waals surface area contributed by atoms with Crippen LogP contribution in [0.3, 0.4) is 0 Å². The third-order valence-corrected chi connectivity index (χ3v) is 2.92. The maximum atomic E-state index is 13.5. The van der Waals surface area contributed by atoms with E-state index in [0.717, 1.165) is 6.08 Å². The lowest BCUT2D eigenvalue weighted by Crippen LogP contribution is -2.37. The minimum absolute atomic E-state index is 0.721. The summed E-state index contributed by atoms with van der Waals surface area (Å²) in [4.78, 5) is 10.7. The highest BCUT2D eigenvalue weighted by Crippen LogP contribution is 2.43. The van der Waals surface area contributed by atoms with Crippen molar-refractivity contribution in [2.45, 2.75) is 62.2 Å². The molecule has 1 N–H and O–H groups in total. The first-order valence-corrected chi connectivity index (χ1v) is 7.14. The van der Waals surface area contributed by atoms with E-state index in [0.29, 0.717) is 0 Å². The molecule has 0 aromatic carbocycles. The van der Waals surface area contributed by atoms with Crippen molar-refractivity contribution in [3.63, 3.8) is 0 Å². The topological polar surface area (TPSA) is 46.5 Å². The number of hydrogen-bond acceptors (Lipinski definition) is 3. The van der Waals surface area contributed by atoms with Gasteiger partial charge in [0.15, 0.2) is 0 Å². The highest BCUT2D eigenvalue weighted by molar-refractivity contribution is 5.81. The van der Waals surface area contributed by atoms with E-state index in [1.54, 1.807) is 0 Å². The molecule has 0 aromatic rings. The van der Waals surface area contributed by atoms with Gasteiger partial charge < -0.3 is 9.84 Å². The lowest BCUT2D eigenvalue weighted by atomic mass is 9.98. The van der Waals surface area contributed by atoms with Crippen molar-refractivity contribution < 1.29 is 54.2 Å². The molecule has 0 spiro atoms. The number of carbonyl (C=O) groups is 1. The standard InChI is InChI=1S/C14H17F9O3/c1-2-10(25)26-5-9(24)3-4-11(15,16)6-12(17,18)7-13(19,20)8-14(21,22)23/h2,9,24H,1,3-8H2. The average Bonchev–Trinajstić information content (AvgIpc) is 2.36. The van der Waals surface area contributed by atoms with Crippen LogP contribution in [0.25, 0.3) is 0 Å². The fourth-order valence-electron chi connectivity index (χ4n) is 1.96. The fraction of sp³-hybridized carbons (Fsp3) is 0.786. The van der Waals surface area contributed by atoms with Crippen LogP contribution < -0.4 is 0 Å². The van der Waals surface area contributed by atoms with Gasteiger partial charge in [-0.05, 0) is 6.42 Å². The first kappa shape index (κ1) is 24.5. The molecule has 0 aliphatic rings. The van der Waals surface area contributed by atoms with E-state index >= 15 is 0 Å². The molecule has 3 nitrogen and oxygen atoms in total. The molecular formula is C14H17F9O3. The van der Waals surface area contributed by atoms with Crippen LogP contribution in [-0.2, 0) is 9.53 Å². The third kappa shape index (κ3) is 12.0. The molecule has 0 amide bonds. The number of hydrogen-bond donors (Lipinski definition) is 1. The zero-order chi connectivity index (χ0) is 20.8. The Morgan fingerprint density at radius 3 is 1.85 bits per heavy atom. The predicted molar refractivity (Wildman–Crippen MR) is 71.1 cm³/mol. The van der Waals surface area contributed by atoms with Crippen LogP contribution in [0.4, 0.5) is 39.5 Å². The zero-order valence-electron chi connectivity index (χ0n) is 13.3. The Labute approximate surface area is 142 Å². The van der Waals surface area contributed by atoms with Gasteiger partial charge in [0.2, 0.25) is 0 Å². The number of esters is 1. The molecular weight excluding hydrogens is 387 g/mol. The smallest absolute Gasteiger partial charge is 0.394 e. The minimum atomic E-state index is -5.44. The second-order valence-electron chi connectivity index (χ2n) is 5.74. The second-order valence-corrected chi connectivity index (χ2v) is 5.74. The third-order valence-electron chi connectivity index (χ3n) is 2.92. The summed E-state index contributed by atoms with van der Waals surface area (Å²) in [5, 5.41) is 9.29. The van der Waals surface area contributed by atoms with Gasteiger partial charge in [-0.1, -0.05) is 6.58 Å². The molecule has 0 aliphatic carbocycles. The van der Waals surface area contributed by atoms with Crippen molar-refractivity contribution >= 4 is 5.97 Å². The van der Waals surface area contributed by atoms with E-state index in [2.05, 4.69) is 11.3 Å². The molecule has 12 heteroatoms. The SMILES string of the molecule is C=CC(=O)OCC(O)CCC(F)(F)CC(F)(F)CC(F)(F)CC(F)(F)F. The number of halogens is 9. The van der Waals surface area contributed by atoms with Crippen molar-refractivity contribution in [2.75, 3.05) is 6.61 Å². The Morgan fingerprint density at radius 1 is 0.923 bits per heavy atom. The summed E-state index contributed by atoms with van der Waals surface area (Å²) in [6.07, 6.45) is -16.5. The quantitative estimate of drug-likeness (QED) is 0.314. The normalized spacial score (nSPS) is 14.8. The molecule has 0 aromatic heterocycles. The molecule has 1 atom stereocenters. The summed E-state index contributed by atoms with van der Waals surface area (Å²) in [5.41, 5.74) is 0. The summed E-state index contributed by atoms with van der Waals surface area (Å²) in [5.74, 6) is -14.9. The maximum Gasteiger partial charge on any atom is 0.394 e. The highest BCUT2D eigenvalue weighted by Gasteiger charge is 2.53. The zero-order valence-corrected chi connectivity index (χ0v) is 13.3. The summed E-state index contributed by atoms with van der Waals surface area (Å²) >= 11 is 0. The van der Waals surface area contributed by atoms with Crippen molar-refractivity contribution in [3.8, 4) is 0 Å².